The minimum Gasteiger partial charge on any atom is -0.492 e. The summed E-state index contributed by atoms with van der Waals surface area (Å²) in [6.45, 7) is 3.08. The van der Waals surface area contributed by atoms with Crippen molar-refractivity contribution in [1.82, 2.24) is 9.78 Å². The molecule has 0 aliphatic heterocycles. The Bertz CT molecular complexity index is 863. The summed E-state index contributed by atoms with van der Waals surface area (Å²) in [4.78, 5) is 12.3. The van der Waals surface area contributed by atoms with Crippen LogP contribution in [0.3, 0.4) is 0 Å². The minimum atomic E-state index is -0.278. The van der Waals surface area contributed by atoms with Crippen LogP contribution in [-0.4, -0.2) is 22.3 Å². The van der Waals surface area contributed by atoms with Gasteiger partial charge in [-0.1, -0.05) is 25.1 Å². The fourth-order valence-corrected chi connectivity index (χ4v) is 2.75. The van der Waals surface area contributed by atoms with E-state index in [-0.39, 0.29) is 17.6 Å². The van der Waals surface area contributed by atoms with Crippen molar-refractivity contribution in [2.45, 2.75) is 25.8 Å². The van der Waals surface area contributed by atoms with E-state index >= 15 is 0 Å². The van der Waals surface area contributed by atoms with Gasteiger partial charge in [0.25, 0.3) is 0 Å². The predicted octanol–water partition coefficient (Wildman–Crippen LogP) is 4.23. The summed E-state index contributed by atoms with van der Waals surface area (Å²) in [5.74, 6) is 0.311. The maximum absolute atomic E-state index is 13.0. The van der Waals surface area contributed by atoms with Crippen molar-refractivity contribution in [2.75, 3.05) is 11.9 Å². The van der Waals surface area contributed by atoms with Crippen molar-refractivity contribution in [3.8, 4) is 5.75 Å². The summed E-state index contributed by atoms with van der Waals surface area (Å²) in [7, 11) is 0. The SMILES string of the molecule is CC(CC(=O)Nc1cccc(OCCn2cccn2)c1)c1ccc(F)cc1. The second-order valence-electron chi connectivity index (χ2n) is 6.35. The molecule has 0 saturated heterocycles. The van der Waals surface area contributed by atoms with Gasteiger partial charge in [0.1, 0.15) is 18.2 Å². The summed E-state index contributed by atoms with van der Waals surface area (Å²) in [6, 6.07) is 15.4. The number of benzene rings is 2. The highest BCUT2D eigenvalue weighted by atomic mass is 19.1. The van der Waals surface area contributed by atoms with E-state index < -0.39 is 0 Å². The number of halogens is 1. The molecule has 0 radical (unpaired) electrons. The molecule has 1 atom stereocenters. The molecule has 5 nitrogen and oxygen atoms in total. The third-order valence-electron chi connectivity index (χ3n) is 4.20. The van der Waals surface area contributed by atoms with Crippen LogP contribution in [0.2, 0.25) is 0 Å². The molecule has 1 unspecified atom stereocenters. The van der Waals surface area contributed by atoms with E-state index in [0.29, 0.717) is 31.0 Å². The lowest BCUT2D eigenvalue weighted by molar-refractivity contribution is -0.116. The molecule has 1 aromatic heterocycles. The van der Waals surface area contributed by atoms with Gasteiger partial charge in [0.15, 0.2) is 0 Å². The normalized spacial score (nSPS) is 11.8. The van der Waals surface area contributed by atoms with Crippen LogP contribution in [0.1, 0.15) is 24.8 Å². The molecular formula is C21H22FN3O2. The third kappa shape index (κ3) is 5.67. The highest BCUT2D eigenvalue weighted by Crippen LogP contribution is 2.22. The summed E-state index contributed by atoms with van der Waals surface area (Å²) in [5, 5.41) is 7.01. The first-order valence-corrected chi connectivity index (χ1v) is 8.86. The van der Waals surface area contributed by atoms with Crippen LogP contribution in [-0.2, 0) is 11.3 Å². The van der Waals surface area contributed by atoms with Crippen molar-refractivity contribution in [1.29, 1.82) is 0 Å². The van der Waals surface area contributed by atoms with Gasteiger partial charge >= 0.3 is 0 Å². The standard InChI is InChI=1S/C21H22FN3O2/c1-16(17-6-8-18(22)9-7-17)14-21(26)24-19-4-2-5-20(15-19)27-13-12-25-11-3-10-23-25/h2-11,15-16H,12-14H2,1H3,(H,24,26). The van der Waals surface area contributed by atoms with Crippen molar-refractivity contribution >= 4 is 11.6 Å². The molecule has 0 aliphatic carbocycles. The first-order valence-electron chi connectivity index (χ1n) is 8.86. The summed E-state index contributed by atoms with van der Waals surface area (Å²) in [5.41, 5.74) is 1.62. The summed E-state index contributed by atoms with van der Waals surface area (Å²) >= 11 is 0. The number of hydrogen-bond donors (Lipinski definition) is 1. The number of nitrogens with zero attached hydrogens (tertiary/aromatic N) is 2. The Labute approximate surface area is 157 Å². The molecule has 1 amide bonds. The molecule has 3 aromatic rings. The van der Waals surface area contributed by atoms with E-state index in [1.807, 2.05) is 37.4 Å². The second-order valence-corrected chi connectivity index (χ2v) is 6.35. The fourth-order valence-electron chi connectivity index (χ4n) is 2.75. The van der Waals surface area contributed by atoms with E-state index in [9.17, 15) is 9.18 Å². The smallest absolute Gasteiger partial charge is 0.224 e. The molecule has 1 N–H and O–H groups in total. The van der Waals surface area contributed by atoms with E-state index in [1.54, 1.807) is 29.1 Å². The first-order chi connectivity index (χ1) is 13.1. The molecule has 3 rings (SSSR count). The molecule has 0 aliphatic rings. The zero-order chi connectivity index (χ0) is 19.1. The number of nitrogens with one attached hydrogen (secondary N) is 1. The molecule has 6 heteroatoms. The van der Waals surface area contributed by atoms with E-state index in [1.165, 1.54) is 12.1 Å². The van der Waals surface area contributed by atoms with E-state index in [2.05, 4.69) is 10.4 Å². The average molecular weight is 367 g/mol. The van der Waals surface area contributed by atoms with Crippen molar-refractivity contribution < 1.29 is 13.9 Å². The van der Waals surface area contributed by atoms with Gasteiger partial charge in [-0.15, -0.1) is 0 Å². The topological polar surface area (TPSA) is 56.1 Å². The Morgan fingerprint density at radius 1 is 1.22 bits per heavy atom. The summed E-state index contributed by atoms with van der Waals surface area (Å²) in [6.07, 6.45) is 3.92. The lowest BCUT2D eigenvalue weighted by Crippen LogP contribution is -2.14. The first kappa shape index (κ1) is 18.6. The van der Waals surface area contributed by atoms with Crippen LogP contribution < -0.4 is 10.1 Å². The highest BCUT2D eigenvalue weighted by Gasteiger charge is 2.12. The molecule has 2 aromatic carbocycles. The van der Waals surface area contributed by atoms with E-state index in [0.717, 1.165) is 5.56 Å². The van der Waals surface area contributed by atoms with Gasteiger partial charge in [0, 0.05) is 30.6 Å². The monoisotopic (exact) mass is 367 g/mol. The lowest BCUT2D eigenvalue weighted by atomic mass is 9.97. The Hall–Kier alpha value is -3.15. The van der Waals surface area contributed by atoms with Gasteiger partial charge in [0.2, 0.25) is 5.91 Å². The lowest BCUT2D eigenvalue weighted by Gasteiger charge is -2.13. The fraction of sp³-hybridized carbons (Fsp3) is 0.238. The Balaban J connectivity index is 1.50. The van der Waals surface area contributed by atoms with Crippen LogP contribution in [0.5, 0.6) is 5.75 Å². The number of aromatic nitrogens is 2. The molecular weight excluding hydrogens is 345 g/mol. The second kappa shape index (κ2) is 8.98. The largest absolute Gasteiger partial charge is 0.492 e. The number of carbonyl (C=O) groups is 1. The maximum Gasteiger partial charge on any atom is 0.224 e. The molecule has 0 spiro atoms. The number of rotatable bonds is 8. The molecule has 27 heavy (non-hydrogen) atoms. The average Bonchev–Trinajstić information content (AvgIpc) is 3.16. The quantitative estimate of drug-likeness (QED) is 0.648. The van der Waals surface area contributed by atoms with Crippen LogP contribution in [0.4, 0.5) is 10.1 Å². The molecule has 0 saturated carbocycles. The maximum atomic E-state index is 13.0. The predicted molar refractivity (Wildman–Crippen MR) is 102 cm³/mol. The zero-order valence-corrected chi connectivity index (χ0v) is 15.1. The van der Waals surface area contributed by atoms with Gasteiger partial charge < -0.3 is 10.1 Å². The van der Waals surface area contributed by atoms with Crippen molar-refractivity contribution in [2.24, 2.45) is 0 Å². The zero-order valence-electron chi connectivity index (χ0n) is 15.1. The van der Waals surface area contributed by atoms with E-state index in [4.69, 9.17) is 4.74 Å². The minimum absolute atomic E-state index is 0.000830. The number of hydrogen-bond acceptors (Lipinski definition) is 3. The van der Waals surface area contributed by atoms with Crippen molar-refractivity contribution in [3.63, 3.8) is 0 Å². The summed E-state index contributed by atoms with van der Waals surface area (Å²) < 4.78 is 20.5. The Morgan fingerprint density at radius 3 is 2.78 bits per heavy atom. The Kier molecular flexibility index (Phi) is 6.20. The number of anilines is 1. The number of carbonyl (C=O) groups excluding carboxylic acids is 1. The van der Waals surface area contributed by atoms with Gasteiger partial charge in [-0.05, 0) is 41.8 Å². The van der Waals surface area contributed by atoms with Crippen LogP contribution >= 0.6 is 0 Å². The molecule has 0 fully saturated rings. The Morgan fingerprint density at radius 2 is 2.04 bits per heavy atom. The van der Waals surface area contributed by atoms with Gasteiger partial charge in [-0.25, -0.2) is 4.39 Å². The van der Waals surface area contributed by atoms with Gasteiger partial charge in [-0.2, -0.15) is 5.10 Å². The third-order valence-corrected chi connectivity index (χ3v) is 4.20. The van der Waals surface area contributed by atoms with Crippen LogP contribution in [0.15, 0.2) is 67.0 Å². The molecule has 1 heterocycles. The van der Waals surface area contributed by atoms with Gasteiger partial charge in [0.05, 0.1) is 6.54 Å². The van der Waals surface area contributed by atoms with Crippen LogP contribution in [0.25, 0.3) is 0 Å². The molecule has 140 valence electrons. The highest BCUT2D eigenvalue weighted by molar-refractivity contribution is 5.91. The van der Waals surface area contributed by atoms with Crippen LogP contribution in [0, 0.1) is 5.82 Å². The number of amides is 1. The number of ether oxygens (including phenoxy) is 1. The molecule has 0 bridgehead atoms. The van der Waals surface area contributed by atoms with Crippen molar-refractivity contribution in [3.05, 3.63) is 78.4 Å². The van der Waals surface area contributed by atoms with Gasteiger partial charge in [-0.3, -0.25) is 9.48 Å².